The van der Waals surface area contributed by atoms with Crippen molar-refractivity contribution in [1.82, 2.24) is 29.2 Å². The first-order valence-electron chi connectivity index (χ1n) is 10.8. The third-order valence-electron chi connectivity index (χ3n) is 5.51. The average molecular weight is 457 g/mol. The highest BCUT2D eigenvalue weighted by Crippen LogP contribution is 2.21. The number of benzene rings is 1. The average Bonchev–Trinajstić information content (AvgIpc) is 3.43. The number of imidazole rings is 1. The third kappa shape index (κ3) is 4.38. The van der Waals surface area contributed by atoms with Crippen LogP contribution in [0.4, 0.5) is 0 Å². The first-order valence-corrected chi connectivity index (χ1v) is 11.1. The first-order chi connectivity index (χ1) is 15.5. The Morgan fingerprint density at radius 1 is 1.09 bits per heavy atom. The Bertz CT molecular complexity index is 1320. The summed E-state index contributed by atoms with van der Waals surface area (Å²) in [6, 6.07) is 9.96. The van der Waals surface area contributed by atoms with Gasteiger partial charge >= 0.3 is 5.69 Å². The predicted molar refractivity (Wildman–Crippen MR) is 121 cm³/mol. The molecule has 4 rings (SSSR count). The molecule has 4 aromatic rings. The zero-order valence-corrected chi connectivity index (χ0v) is 18.8. The summed E-state index contributed by atoms with van der Waals surface area (Å²) in [6.45, 7) is 4.75. The van der Waals surface area contributed by atoms with Crippen molar-refractivity contribution in [2.45, 2.75) is 58.5 Å². The molecule has 0 fully saturated rings. The van der Waals surface area contributed by atoms with E-state index in [4.69, 9.17) is 16.1 Å². The lowest BCUT2D eigenvalue weighted by Gasteiger charge is -2.10. The quantitative estimate of drug-likeness (QED) is 0.386. The number of aromatic nitrogens is 6. The van der Waals surface area contributed by atoms with Gasteiger partial charge in [-0.3, -0.25) is 13.9 Å². The van der Waals surface area contributed by atoms with Crippen LogP contribution in [0.1, 0.15) is 56.3 Å². The molecule has 0 saturated heterocycles. The Balaban J connectivity index is 1.51. The maximum atomic E-state index is 13.0. The largest absolute Gasteiger partial charge is 0.339 e. The van der Waals surface area contributed by atoms with Crippen LogP contribution in [0, 0.1) is 0 Å². The maximum Gasteiger partial charge on any atom is 0.332 e. The number of fused-ring (bicyclic) bond motifs is 1. The molecule has 0 spiro atoms. The SMILES string of the molecule is CCCCn1c(=O)n(CCCc2nc(C(C)c3ccccc3)no2)c(=O)c2[nH]c(Cl)nc21. The molecule has 0 radical (unpaired) electrons. The van der Waals surface area contributed by atoms with Crippen LogP contribution >= 0.6 is 11.6 Å². The summed E-state index contributed by atoms with van der Waals surface area (Å²) in [4.78, 5) is 37.2. The van der Waals surface area contributed by atoms with Crippen LogP contribution in [0.25, 0.3) is 11.2 Å². The minimum absolute atomic E-state index is 0.00891. The van der Waals surface area contributed by atoms with Crippen molar-refractivity contribution in [2.24, 2.45) is 0 Å². The molecule has 0 amide bonds. The number of unbranched alkanes of at least 4 members (excludes halogenated alkanes) is 1. The zero-order valence-electron chi connectivity index (χ0n) is 18.0. The highest BCUT2D eigenvalue weighted by molar-refractivity contribution is 6.28. The Hall–Kier alpha value is -3.20. The Kier molecular flexibility index (Phi) is 6.55. The molecule has 1 N–H and O–H groups in total. The third-order valence-corrected chi connectivity index (χ3v) is 5.69. The van der Waals surface area contributed by atoms with Crippen molar-refractivity contribution < 1.29 is 4.52 Å². The van der Waals surface area contributed by atoms with Gasteiger partial charge in [-0.2, -0.15) is 9.97 Å². The summed E-state index contributed by atoms with van der Waals surface area (Å²) in [5.74, 6) is 1.10. The molecule has 168 valence electrons. The molecule has 0 aliphatic carbocycles. The second-order valence-electron chi connectivity index (χ2n) is 7.75. The topological polar surface area (TPSA) is 112 Å². The number of nitrogens with zero attached hydrogens (tertiary/aromatic N) is 5. The lowest BCUT2D eigenvalue weighted by molar-refractivity contribution is 0.365. The van der Waals surface area contributed by atoms with E-state index in [-0.39, 0.29) is 29.0 Å². The number of aromatic amines is 1. The molecule has 10 heteroatoms. The van der Waals surface area contributed by atoms with Crippen molar-refractivity contribution in [3.63, 3.8) is 0 Å². The van der Waals surface area contributed by atoms with Gasteiger partial charge in [0.05, 0.1) is 0 Å². The van der Waals surface area contributed by atoms with Gasteiger partial charge in [0.15, 0.2) is 17.0 Å². The van der Waals surface area contributed by atoms with E-state index in [1.54, 1.807) is 0 Å². The lowest BCUT2D eigenvalue weighted by atomic mass is 10.0. The van der Waals surface area contributed by atoms with Crippen LogP contribution in [0.3, 0.4) is 0 Å². The van der Waals surface area contributed by atoms with Crippen LogP contribution in [0.5, 0.6) is 0 Å². The van der Waals surface area contributed by atoms with Gasteiger partial charge in [-0.25, -0.2) is 4.79 Å². The van der Waals surface area contributed by atoms with Gasteiger partial charge in [0.1, 0.15) is 0 Å². The fourth-order valence-corrected chi connectivity index (χ4v) is 3.85. The predicted octanol–water partition coefficient (Wildman–Crippen LogP) is 3.51. The Morgan fingerprint density at radius 2 is 1.84 bits per heavy atom. The fourth-order valence-electron chi connectivity index (χ4n) is 3.68. The van der Waals surface area contributed by atoms with E-state index in [1.165, 1.54) is 9.13 Å². The summed E-state index contributed by atoms with van der Waals surface area (Å²) in [7, 11) is 0. The summed E-state index contributed by atoms with van der Waals surface area (Å²) >= 11 is 5.96. The first kappa shape index (κ1) is 22.0. The molecule has 3 heterocycles. The Morgan fingerprint density at radius 3 is 2.59 bits per heavy atom. The van der Waals surface area contributed by atoms with E-state index >= 15 is 0 Å². The molecule has 1 unspecified atom stereocenters. The van der Waals surface area contributed by atoms with Crippen molar-refractivity contribution in [1.29, 1.82) is 0 Å². The Labute approximate surface area is 189 Å². The summed E-state index contributed by atoms with van der Waals surface area (Å²) in [6.07, 6.45) is 2.66. The monoisotopic (exact) mass is 456 g/mol. The maximum absolute atomic E-state index is 13.0. The number of hydrogen-bond acceptors (Lipinski definition) is 6. The molecule has 1 aromatic carbocycles. The molecule has 0 aliphatic rings. The van der Waals surface area contributed by atoms with E-state index in [0.29, 0.717) is 36.7 Å². The number of rotatable bonds is 9. The van der Waals surface area contributed by atoms with Crippen LogP contribution in [0.15, 0.2) is 44.4 Å². The van der Waals surface area contributed by atoms with E-state index in [2.05, 4.69) is 20.1 Å². The highest BCUT2D eigenvalue weighted by Gasteiger charge is 2.18. The van der Waals surface area contributed by atoms with E-state index in [9.17, 15) is 9.59 Å². The number of aryl methyl sites for hydroxylation is 2. The van der Waals surface area contributed by atoms with Crippen LogP contribution in [-0.2, 0) is 19.5 Å². The molecule has 0 aliphatic heterocycles. The van der Waals surface area contributed by atoms with Gasteiger partial charge in [0.2, 0.25) is 11.2 Å². The van der Waals surface area contributed by atoms with Crippen molar-refractivity contribution in [3.8, 4) is 0 Å². The van der Waals surface area contributed by atoms with Crippen LogP contribution in [-0.4, -0.2) is 29.2 Å². The molecular formula is C22H25ClN6O3. The van der Waals surface area contributed by atoms with Gasteiger partial charge in [-0.1, -0.05) is 55.8 Å². The second kappa shape index (κ2) is 9.52. The van der Waals surface area contributed by atoms with E-state index in [0.717, 1.165) is 18.4 Å². The van der Waals surface area contributed by atoms with Crippen molar-refractivity contribution >= 4 is 22.8 Å². The normalized spacial score (nSPS) is 12.5. The second-order valence-corrected chi connectivity index (χ2v) is 8.11. The number of H-pyrrole nitrogens is 1. The van der Waals surface area contributed by atoms with Gasteiger partial charge in [-0.05, 0) is 30.0 Å². The van der Waals surface area contributed by atoms with Gasteiger partial charge < -0.3 is 9.51 Å². The molecule has 0 saturated carbocycles. The van der Waals surface area contributed by atoms with Gasteiger partial charge in [0.25, 0.3) is 5.56 Å². The molecule has 32 heavy (non-hydrogen) atoms. The number of nitrogens with one attached hydrogen (secondary N) is 1. The lowest BCUT2D eigenvalue weighted by Crippen LogP contribution is -2.40. The minimum Gasteiger partial charge on any atom is -0.339 e. The molecule has 3 aromatic heterocycles. The highest BCUT2D eigenvalue weighted by atomic mass is 35.5. The summed E-state index contributed by atoms with van der Waals surface area (Å²) < 4.78 is 8.12. The zero-order chi connectivity index (χ0) is 22.7. The van der Waals surface area contributed by atoms with Gasteiger partial charge in [0, 0.05) is 25.4 Å². The van der Waals surface area contributed by atoms with Crippen molar-refractivity contribution in [3.05, 3.63) is 73.7 Å². The smallest absolute Gasteiger partial charge is 0.332 e. The molecular weight excluding hydrogens is 432 g/mol. The number of halogens is 1. The van der Waals surface area contributed by atoms with E-state index in [1.807, 2.05) is 44.2 Å². The van der Waals surface area contributed by atoms with Crippen LogP contribution < -0.4 is 11.2 Å². The summed E-state index contributed by atoms with van der Waals surface area (Å²) in [5, 5.41) is 4.18. The minimum atomic E-state index is -0.430. The standard InChI is InChI=1S/C22H25ClN6O3/c1-3-4-12-28-19-17(25-21(23)26-19)20(30)29(22(28)31)13-8-11-16-24-18(27-32-16)14(2)15-9-6-5-7-10-15/h5-7,9-10,14H,3-4,8,11-13H2,1-2H3,(H,25,26). The molecule has 9 nitrogen and oxygen atoms in total. The number of hydrogen-bond donors (Lipinski definition) is 1. The van der Waals surface area contributed by atoms with Crippen LogP contribution in [0.2, 0.25) is 5.28 Å². The van der Waals surface area contributed by atoms with Crippen molar-refractivity contribution in [2.75, 3.05) is 0 Å². The summed E-state index contributed by atoms with van der Waals surface area (Å²) in [5.41, 5.74) is 0.822. The van der Waals surface area contributed by atoms with Gasteiger partial charge in [-0.15, -0.1) is 0 Å². The van der Waals surface area contributed by atoms with E-state index < -0.39 is 5.56 Å². The fraction of sp³-hybridized carbons (Fsp3) is 0.409. The molecule has 1 atom stereocenters. The molecule has 0 bridgehead atoms.